The molecule has 0 aliphatic rings. The van der Waals surface area contributed by atoms with Crippen molar-refractivity contribution in [1.82, 2.24) is 10.1 Å². The Morgan fingerprint density at radius 1 is 1.28 bits per heavy atom. The van der Waals surface area contributed by atoms with Crippen molar-refractivity contribution in [2.45, 2.75) is 12.6 Å². The van der Waals surface area contributed by atoms with Gasteiger partial charge >= 0.3 is 6.18 Å². The molecule has 2 aromatic rings. The second-order valence-corrected chi connectivity index (χ2v) is 3.41. The predicted octanol–water partition coefficient (Wildman–Crippen LogP) is 2.82. The first kappa shape index (κ1) is 12.1. The van der Waals surface area contributed by atoms with E-state index in [1.54, 1.807) is 18.2 Å². The van der Waals surface area contributed by atoms with Crippen LogP contribution in [0.5, 0.6) is 0 Å². The van der Waals surface area contributed by atoms with E-state index in [1.807, 2.05) is 6.07 Å². The van der Waals surface area contributed by atoms with Crippen molar-refractivity contribution in [3.8, 4) is 17.5 Å². The molecule has 0 amide bonds. The summed E-state index contributed by atoms with van der Waals surface area (Å²) in [4.78, 5) is 3.28. The minimum absolute atomic E-state index is 0.0555. The first-order valence-electron chi connectivity index (χ1n) is 4.88. The molecule has 7 heteroatoms. The number of aromatic nitrogens is 2. The zero-order valence-electron chi connectivity index (χ0n) is 8.90. The van der Waals surface area contributed by atoms with E-state index < -0.39 is 12.0 Å². The van der Waals surface area contributed by atoms with E-state index in [9.17, 15) is 13.2 Å². The van der Waals surface area contributed by atoms with Crippen LogP contribution in [-0.2, 0) is 12.6 Å². The van der Waals surface area contributed by atoms with Crippen LogP contribution in [0.25, 0.3) is 11.5 Å². The lowest BCUT2D eigenvalue weighted by atomic mass is 10.1. The first-order valence-corrected chi connectivity index (χ1v) is 4.88. The molecule has 92 valence electrons. The van der Waals surface area contributed by atoms with Crippen LogP contribution in [0.15, 0.2) is 28.8 Å². The number of benzene rings is 1. The van der Waals surface area contributed by atoms with Gasteiger partial charge in [-0.2, -0.15) is 23.4 Å². The molecule has 1 aromatic carbocycles. The molecule has 0 atom stereocenters. The fourth-order valence-electron chi connectivity index (χ4n) is 1.42. The van der Waals surface area contributed by atoms with E-state index in [-0.39, 0.29) is 12.3 Å². The number of nitrogens with zero attached hydrogens (tertiary/aromatic N) is 3. The molecule has 18 heavy (non-hydrogen) atoms. The van der Waals surface area contributed by atoms with E-state index in [0.717, 1.165) is 0 Å². The van der Waals surface area contributed by atoms with Crippen LogP contribution in [0.2, 0.25) is 0 Å². The summed E-state index contributed by atoms with van der Waals surface area (Å²) in [6.07, 6.45) is -4.59. The zero-order valence-corrected chi connectivity index (χ0v) is 8.90. The first-order chi connectivity index (χ1) is 8.52. The van der Waals surface area contributed by atoms with Gasteiger partial charge in [-0.1, -0.05) is 23.4 Å². The van der Waals surface area contributed by atoms with Gasteiger partial charge in [0, 0.05) is 5.56 Å². The molecule has 0 radical (unpaired) electrons. The van der Waals surface area contributed by atoms with E-state index >= 15 is 0 Å². The quantitative estimate of drug-likeness (QED) is 0.825. The minimum atomic E-state index is -4.65. The van der Waals surface area contributed by atoms with Gasteiger partial charge in [-0.15, -0.1) is 0 Å². The summed E-state index contributed by atoms with van der Waals surface area (Å²) in [5, 5.41) is 11.5. The van der Waals surface area contributed by atoms with Crippen LogP contribution >= 0.6 is 0 Å². The highest BCUT2D eigenvalue weighted by molar-refractivity contribution is 5.59. The Hall–Kier alpha value is -2.36. The standard InChI is InChI=1S/C11H6F3N3O/c12-11(13,14)10-16-9(18-17-10)8-4-2-1-3-7(8)5-6-15/h1-4H,5H2. The summed E-state index contributed by atoms with van der Waals surface area (Å²) < 4.78 is 41.6. The monoisotopic (exact) mass is 253 g/mol. The summed E-state index contributed by atoms with van der Waals surface area (Å²) in [6, 6.07) is 8.36. The number of hydrogen-bond donors (Lipinski definition) is 0. The maximum Gasteiger partial charge on any atom is 0.455 e. The second-order valence-electron chi connectivity index (χ2n) is 3.41. The van der Waals surface area contributed by atoms with Crippen molar-refractivity contribution in [1.29, 1.82) is 5.26 Å². The molecule has 2 rings (SSSR count). The van der Waals surface area contributed by atoms with Crippen LogP contribution in [0.3, 0.4) is 0 Å². The maximum absolute atomic E-state index is 12.3. The summed E-state index contributed by atoms with van der Waals surface area (Å²) in [6.45, 7) is 0. The van der Waals surface area contributed by atoms with Crippen molar-refractivity contribution in [2.75, 3.05) is 0 Å². The largest absolute Gasteiger partial charge is 0.455 e. The number of alkyl halides is 3. The SMILES string of the molecule is N#CCc1ccccc1-c1nc(C(F)(F)F)no1. The lowest BCUT2D eigenvalue weighted by Crippen LogP contribution is -2.07. The van der Waals surface area contributed by atoms with Crippen LogP contribution < -0.4 is 0 Å². The predicted molar refractivity (Wildman–Crippen MR) is 54.1 cm³/mol. The summed E-state index contributed by atoms with van der Waals surface area (Å²) in [5.41, 5.74) is 0.874. The van der Waals surface area contributed by atoms with Gasteiger partial charge in [-0.3, -0.25) is 0 Å². The van der Waals surface area contributed by atoms with Crippen LogP contribution in [0.1, 0.15) is 11.4 Å². The third-order valence-electron chi connectivity index (χ3n) is 2.20. The fraction of sp³-hybridized carbons (Fsp3) is 0.182. The molecule has 0 spiro atoms. The molecule has 0 saturated carbocycles. The molecule has 0 fully saturated rings. The van der Waals surface area contributed by atoms with Crippen LogP contribution in [-0.4, -0.2) is 10.1 Å². The van der Waals surface area contributed by atoms with E-state index in [2.05, 4.69) is 14.7 Å². The summed E-state index contributed by atoms with van der Waals surface area (Å²) >= 11 is 0. The Balaban J connectivity index is 2.44. The number of nitriles is 1. The molecule has 0 aliphatic carbocycles. The molecule has 4 nitrogen and oxygen atoms in total. The third kappa shape index (κ3) is 2.32. The highest BCUT2D eigenvalue weighted by atomic mass is 19.4. The van der Waals surface area contributed by atoms with Crippen molar-refractivity contribution < 1.29 is 17.7 Å². The Bertz CT molecular complexity index is 598. The van der Waals surface area contributed by atoms with Gasteiger partial charge in [0.05, 0.1) is 12.5 Å². The highest BCUT2D eigenvalue weighted by Gasteiger charge is 2.37. The molecular formula is C11H6F3N3O. The molecule has 1 heterocycles. The zero-order chi connectivity index (χ0) is 13.2. The smallest absolute Gasteiger partial charge is 0.334 e. The van der Waals surface area contributed by atoms with Gasteiger partial charge in [-0.25, -0.2) is 0 Å². The molecule has 0 N–H and O–H groups in total. The van der Waals surface area contributed by atoms with E-state index in [1.165, 1.54) is 6.07 Å². The van der Waals surface area contributed by atoms with Crippen LogP contribution in [0.4, 0.5) is 13.2 Å². The highest BCUT2D eigenvalue weighted by Crippen LogP contribution is 2.29. The molecule has 0 bridgehead atoms. The third-order valence-corrected chi connectivity index (χ3v) is 2.20. The summed E-state index contributed by atoms with van der Waals surface area (Å²) in [5.74, 6) is -1.57. The van der Waals surface area contributed by atoms with Crippen molar-refractivity contribution in [2.24, 2.45) is 0 Å². The van der Waals surface area contributed by atoms with Crippen molar-refractivity contribution in [3.63, 3.8) is 0 Å². The Morgan fingerprint density at radius 2 is 2.00 bits per heavy atom. The number of halogens is 3. The average molecular weight is 253 g/mol. The van der Waals surface area contributed by atoms with Gasteiger partial charge in [0.2, 0.25) is 0 Å². The van der Waals surface area contributed by atoms with Gasteiger partial charge in [0.25, 0.3) is 11.7 Å². The number of hydrogen-bond acceptors (Lipinski definition) is 4. The minimum Gasteiger partial charge on any atom is -0.334 e. The average Bonchev–Trinajstić information content (AvgIpc) is 2.79. The normalized spacial score (nSPS) is 11.2. The molecule has 0 saturated heterocycles. The Morgan fingerprint density at radius 3 is 2.61 bits per heavy atom. The van der Waals surface area contributed by atoms with E-state index in [4.69, 9.17) is 5.26 Å². The summed E-state index contributed by atoms with van der Waals surface area (Å²) in [7, 11) is 0. The van der Waals surface area contributed by atoms with Gasteiger partial charge in [0.15, 0.2) is 0 Å². The van der Waals surface area contributed by atoms with Gasteiger partial charge in [0.1, 0.15) is 0 Å². The Kier molecular flexibility index (Phi) is 3.02. The van der Waals surface area contributed by atoms with Crippen LogP contribution in [0, 0.1) is 11.3 Å². The fourth-order valence-corrected chi connectivity index (χ4v) is 1.42. The molecule has 1 aromatic heterocycles. The molecule has 0 unspecified atom stereocenters. The van der Waals surface area contributed by atoms with Crippen molar-refractivity contribution >= 4 is 0 Å². The molecular weight excluding hydrogens is 247 g/mol. The van der Waals surface area contributed by atoms with Gasteiger partial charge in [-0.05, 0) is 11.6 Å². The number of rotatable bonds is 2. The lowest BCUT2D eigenvalue weighted by molar-refractivity contribution is -0.146. The Labute approximate surface area is 99.7 Å². The topological polar surface area (TPSA) is 62.7 Å². The van der Waals surface area contributed by atoms with E-state index in [0.29, 0.717) is 11.1 Å². The lowest BCUT2D eigenvalue weighted by Gasteiger charge is -2.00. The maximum atomic E-state index is 12.3. The van der Waals surface area contributed by atoms with Gasteiger partial charge < -0.3 is 4.52 Å². The second kappa shape index (κ2) is 4.49. The molecule has 0 aliphatic heterocycles. The van der Waals surface area contributed by atoms with Crippen molar-refractivity contribution in [3.05, 3.63) is 35.7 Å².